The Morgan fingerprint density at radius 2 is 1.95 bits per heavy atom. The highest BCUT2D eigenvalue weighted by Crippen LogP contribution is 2.25. The highest BCUT2D eigenvalue weighted by atomic mass is 19.1. The van der Waals surface area contributed by atoms with E-state index < -0.39 is 0 Å². The second-order valence-corrected chi connectivity index (χ2v) is 4.81. The van der Waals surface area contributed by atoms with Crippen molar-refractivity contribution in [2.24, 2.45) is 0 Å². The predicted octanol–water partition coefficient (Wildman–Crippen LogP) is 3.96. The number of hydrogen-bond donors (Lipinski definition) is 1. The average molecular weight is 276 g/mol. The first-order valence-corrected chi connectivity index (χ1v) is 6.59. The molecule has 0 aliphatic carbocycles. The van der Waals surface area contributed by atoms with E-state index in [1.807, 2.05) is 35.0 Å². The molecule has 4 rings (SSSR count). The maximum atomic E-state index is 13.1. The topological polar surface area (TPSA) is 33.6 Å². The van der Waals surface area contributed by atoms with Gasteiger partial charge in [0.15, 0.2) is 0 Å². The quantitative estimate of drug-likeness (QED) is 0.590. The first-order chi connectivity index (χ1) is 10.3. The molecule has 4 heteroatoms. The molecule has 2 aromatic carbocycles. The van der Waals surface area contributed by atoms with Crippen molar-refractivity contribution >= 4 is 11.0 Å². The third-order valence-electron chi connectivity index (χ3n) is 3.51. The van der Waals surface area contributed by atoms with Gasteiger partial charge in [0.2, 0.25) is 0 Å². The van der Waals surface area contributed by atoms with Crippen LogP contribution in [0.4, 0.5) is 4.39 Å². The number of hydrogen-bond acceptors (Lipinski definition) is 1. The number of halogens is 1. The van der Waals surface area contributed by atoms with Gasteiger partial charge in [0, 0.05) is 18.0 Å². The maximum absolute atomic E-state index is 13.1. The fraction of sp³-hybridized carbons (Fsp3) is 0. The van der Waals surface area contributed by atoms with Crippen LogP contribution in [-0.4, -0.2) is 14.5 Å². The molecule has 2 aromatic heterocycles. The van der Waals surface area contributed by atoms with E-state index >= 15 is 0 Å². The van der Waals surface area contributed by atoms with Gasteiger partial charge >= 0.3 is 0 Å². The summed E-state index contributed by atoms with van der Waals surface area (Å²) in [6, 6.07) is 17.5. The van der Waals surface area contributed by atoms with Crippen LogP contribution in [-0.2, 0) is 0 Å². The lowest BCUT2D eigenvalue weighted by molar-refractivity contribution is 0.628. The summed E-state index contributed by atoms with van der Waals surface area (Å²) in [5, 5.41) is 0. The summed E-state index contributed by atoms with van der Waals surface area (Å²) in [6.07, 6.45) is 3.55. The molecule has 0 bridgehead atoms. The van der Waals surface area contributed by atoms with Crippen LogP contribution < -0.4 is 0 Å². The number of aromatic amines is 1. The van der Waals surface area contributed by atoms with E-state index in [0.717, 1.165) is 28.0 Å². The van der Waals surface area contributed by atoms with Crippen LogP contribution in [0.25, 0.3) is 28.0 Å². The number of fused-ring (bicyclic) bond motifs is 1. The van der Waals surface area contributed by atoms with Crippen LogP contribution in [0.3, 0.4) is 0 Å². The molecule has 101 valence electrons. The van der Waals surface area contributed by atoms with Crippen LogP contribution >= 0.6 is 0 Å². The number of imidazole rings is 1. The Bertz CT molecular complexity index is 903. The molecule has 0 aliphatic heterocycles. The zero-order valence-corrected chi connectivity index (χ0v) is 11.0. The molecular formula is C17H11FN3. The Morgan fingerprint density at radius 3 is 2.81 bits per heavy atom. The van der Waals surface area contributed by atoms with Crippen LogP contribution in [0.15, 0.2) is 61.1 Å². The SMILES string of the molecule is Fc1ccc(-c2c[c]cn2-c2ccc3[nH]cnc3c2)cc1. The lowest BCUT2D eigenvalue weighted by Gasteiger charge is -2.09. The van der Waals surface area contributed by atoms with Crippen molar-refractivity contribution in [3.63, 3.8) is 0 Å². The van der Waals surface area contributed by atoms with Crippen molar-refractivity contribution in [2.75, 3.05) is 0 Å². The van der Waals surface area contributed by atoms with Gasteiger partial charge in [0.05, 0.1) is 23.1 Å². The van der Waals surface area contributed by atoms with E-state index in [0.29, 0.717) is 0 Å². The number of nitrogens with one attached hydrogen (secondary N) is 1. The normalized spacial score (nSPS) is 11.1. The monoisotopic (exact) mass is 276 g/mol. The zero-order chi connectivity index (χ0) is 14.2. The van der Waals surface area contributed by atoms with Gasteiger partial charge < -0.3 is 9.55 Å². The summed E-state index contributed by atoms with van der Waals surface area (Å²) in [6.45, 7) is 0. The molecule has 4 aromatic rings. The molecule has 1 N–H and O–H groups in total. The third kappa shape index (κ3) is 2.01. The molecule has 0 saturated heterocycles. The molecule has 0 amide bonds. The summed E-state index contributed by atoms with van der Waals surface area (Å²) in [7, 11) is 0. The molecule has 3 nitrogen and oxygen atoms in total. The van der Waals surface area contributed by atoms with E-state index in [2.05, 4.69) is 16.0 Å². The molecule has 0 atom stereocenters. The molecule has 0 aliphatic rings. The first kappa shape index (κ1) is 11.9. The number of rotatable bonds is 2. The third-order valence-corrected chi connectivity index (χ3v) is 3.51. The Hall–Kier alpha value is -2.88. The largest absolute Gasteiger partial charge is 0.345 e. The van der Waals surface area contributed by atoms with Gasteiger partial charge in [-0.1, -0.05) is 0 Å². The zero-order valence-electron chi connectivity index (χ0n) is 11.0. The minimum atomic E-state index is -0.237. The van der Waals surface area contributed by atoms with E-state index in [-0.39, 0.29) is 5.82 Å². The molecule has 0 saturated carbocycles. The Labute approximate surface area is 120 Å². The highest BCUT2D eigenvalue weighted by molar-refractivity contribution is 5.77. The van der Waals surface area contributed by atoms with Crippen LogP contribution in [0.5, 0.6) is 0 Å². The molecule has 1 radical (unpaired) electrons. The Balaban J connectivity index is 1.85. The standard InChI is InChI=1S/C17H11FN3/c18-13-5-3-12(4-6-13)17-2-1-9-21(17)14-7-8-15-16(10-14)20-11-19-15/h2-11H,(H,19,20). The number of aromatic nitrogens is 3. The van der Waals surface area contributed by atoms with E-state index in [1.54, 1.807) is 18.5 Å². The van der Waals surface area contributed by atoms with E-state index in [4.69, 9.17) is 0 Å². The lowest BCUT2D eigenvalue weighted by atomic mass is 10.1. The van der Waals surface area contributed by atoms with E-state index in [1.165, 1.54) is 12.1 Å². The maximum Gasteiger partial charge on any atom is 0.123 e. The molecule has 0 fully saturated rings. The average Bonchev–Trinajstić information content (AvgIpc) is 3.16. The van der Waals surface area contributed by atoms with Gasteiger partial charge in [0.1, 0.15) is 5.82 Å². The van der Waals surface area contributed by atoms with Gasteiger partial charge in [-0.15, -0.1) is 0 Å². The van der Waals surface area contributed by atoms with Crippen molar-refractivity contribution in [1.29, 1.82) is 0 Å². The van der Waals surface area contributed by atoms with Crippen LogP contribution in [0.1, 0.15) is 0 Å². The summed E-state index contributed by atoms with van der Waals surface area (Å²) in [5.74, 6) is -0.237. The van der Waals surface area contributed by atoms with Crippen LogP contribution in [0, 0.1) is 11.9 Å². The van der Waals surface area contributed by atoms with Crippen molar-refractivity contribution in [2.45, 2.75) is 0 Å². The fourth-order valence-electron chi connectivity index (χ4n) is 2.46. The van der Waals surface area contributed by atoms with Crippen molar-refractivity contribution < 1.29 is 4.39 Å². The lowest BCUT2D eigenvalue weighted by Crippen LogP contribution is -1.95. The Morgan fingerprint density at radius 1 is 1.10 bits per heavy atom. The van der Waals surface area contributed by atoms with Gasteiger partial charge in [-0.3, -0.25) is 0 Å². The first-order valence-electron chi connectivity index (χ1n) is 6.59. The second kappa shape index (κ2) is 4.59. The molecule has 2 heterocycles. The van der Waals surface area contributed by atoms with Crippen molar-refractivity contribution in [1.82, 2.24) is 14.5 Å². The van der Waals surface area contributed by atoms with Gasteiger partial charge in [-0.25, -0.2) is 9.37 Å². The van der Waals surface area contributed by atoms with Gasteiger partial charge in [-0.2, -0.15) is 0 Å². The molecule has 0 spiro atoms. The molecule has 21 heavy (non-hydrogen) atoms. The van der Waals surface area contributed by atoms with E-state index in [9.17, 15) is 4.39 Å². The molecule has 0 unspecified atom stereocenters. The smallest absolute Gasteiger partial charge is 0.123 e. The molecular weight excluding hydrogens is 265 g/mol. The van der Waals surface area contributed by atoms with Gasteiger partial charge in [-0.05, 0) is 54.1 Å². The predicted molar refractivity (Wildman–Crippen MR) is 79.7 cm³/mol. The summed E-state index contributed by atoms with van der Waals surface area (Å²) in [4.78, 5) is 7.35. The Kier molecular flexibility index (Phi) is 2.60. The summed E-state index contributed by atoms with van der Waals surface area (Å²) < 4.78 is 15.1. The number of benzene rings is 2. The van der Waals surface area contributed by atoms with Crippen molar-refractivity contribution in [3.05, 3.63) is 72.9 Å². The van der Waals surface area contributed by atoms with Crippen molar-refractivity contribution in [3.8, 4) is 16.9 Å². The number of H-pyrrole nitrogens is 1. The summed E-state index contributed by atoms with van der Waals surface area (Å²) >= 11 is 0. The highest BCUT2D eigenvalue weighted by Gasteiger charge is 2.07. The minimum Gasteiger partial charge on any atom is -0.345 e. The fourth-order valence-corrected chi connectivity index (χ4v) is 2.46. The minimum absolute atomic E-state index is 0.237. The van der Waals surface area contributed by atoms with Gasteiger partial charge in [0.25, 0.3) is 0 Å². The summed E-state index contributed by atoms with van der Waals surface area (Å²) in [5.41, 5.74) is 4.81. The number of nitrogens with zero attached hydrogens (tertiary/aromatic N) is 2. The second-order valence-electron chi connectivity index (χ2n) is 4.81. The van der Waals surface area contributed by atoms with Crippen LogP contribution in [0.2, 0.25) is 0 Å².